The van der Waals surface area contributed by atoms with E-state index in [2.05, 4.69) is 0 Å². The summed E-state index contributed by atoms with van der Waals surface area (Å²) in [5.41, 5.74) is 2.48. The number of furan rings is 1. The van der Waals surface area contributed by atoms with Crippen molar-refractivity contribution in [3.8, 4) is 0 Å². The number of sulfone groups is 1. The number of hydrogen-bond donors (Lipinski definition) is 0. The van der Waals surface area contributed by atoms with Crippen LogP contribution >= 0.6 is 0 Å². The number of para-hydroxylation sites is 1. The molecule has 6 nitrogen and oxygen atoms in total. The third-order valence-electron chi connectivity index (χ3n) is 5.01. The maximum Gasteiger partial charge on any atom is 0.290 e. The van der Waals surface area contributed by atoms with E-state index in [1.165, 1.54) is 0 Å². The summed E-state index contributed by atoms with van der Waals surface area (Å²) in [6, 6.07) is 5.51. The number of methoxy groups -OCH3 is 1. The van der Waals surface area contributed by atoms with E-state index in [-0.39, 0.29) is 23.5 Å². The molecule has 1 amide bonds. The highest BCUT2D eigenvalue weighted by Crippen LogP contribution is 2.30. The molecule has 1 aliphatic rings. The lowest BCUT2D eigenvalue weighted by Crippen LogP contribution is -2.42. The van der Waals surface area contributed by atoms with Gasteiger partial charge >= 0.3 is 0 Å². The molecule has 7 heteroatoms. The van der Waals surface area contributed by atoms with Crippen molar-refractivity contribution in [1.82, 2.24) is 4.90 Å². The Hall–Kier alpha value is -1.86. The quantitative estimate of drug-likeness (QED) is 0.721. The van der Waals surface area contributed by atoms with Gasteiger partial charge in [-0.1, -0.05) is 18.2 Å². The van der Waals surface area contributed by atoms with Crippen molar-refractivity contribution in [3.05, 3.63) is 35.1 Å². The zero-order valence-electron chi connectivity index (χ0n) is 15.4. The normalized spacial score (nSPS) is 19.1. The molecule has 1 aromatic heterocycles. The van der Waals surface area contributed by atoms with Gasteiger partial charge in [-0.05, 0) is 32.3 Å². The first-order chi connectivity index (χ1) is 12.3. The van der Waals surface area contributed by atoms with Crippen LogP contribution in [0.15, 0.2) is 22.6 Å². The molecule has 0 spiro atoms. The fourth-order valence-electron chi connectivity index (χ4n) is 3.57. The maximum atomic E-state index is 13.2. The van der Waals surface area contributed by atoms with E-state index < -0.39 is 9.84 Å². The second kappa shape index (κ2) is 7.40. The van der Waals surface area contributed by atoms with Crippen LogP contribution in [0.5, 0.6) is 0 Å². The number of amides is 1. The van der Waals surface area contributed by atoms with Crippen LogP contribution < -0.4 is 0 Å². The molecule has 0 bridgehead atoms. The molecule has 2 aromatic rings. The van der Waals surface area contributed by atoms with E-state index in [1.54, 1.807) is 12.0 Å². The summed E-state index contributed by atoms with van der Waals surface area (Å²) in [5.74, 6) is 0.209. The summed E-state index contributed by atoms with van der Waals surface area (Å²) < 4.78 is 34.8. The highest BCUT2D eigenvalue weighted by Gasteiger charge is 2.36. The molecule has 26 heavy (non-hydrogen) atoms. The monoisotopic (exact) mass is 379 g/mol. The predicted molar refractivity (Wildman–Crippen MR) is 100 cm³/mol. The van der Waals surface area contributed by atoms with Crippen molar-refractivity contribution in [2.24, 2.45) is 0 Å². The minimum absolute atomic E-state index is 0.0179. The SMILES string of the molecule is COCCCN(C(=O)c1oc2c(C)cccc2c1C)[C@H]1CCS(=O)(=O)C1. The van der Waals surface area contributed by atoms with E-state index in [1.807, 2.05) is 32.0 Å². The second-order valence-corrected chi connectivity index (χ2v) is 9.14. The third kappa shape index (κ3) is 3.64. The number of aryl methyl sites for hydroxylation is 2. The van der Waals surface area contributed by atoms with E-state index in [0.717, 1.165) is 16.5 Å². The number of nitrogens with zero attached hydrogens (tertiary/aromatic N) is 1. The lowest BCUT2D eigenvalue weighted by molar-refractivity contribution is 0.0643. The number of carbonyl (C=O) groups is 1. The van der Waals surface area contributed by atoms with Gasteiger partial charge < -0.3 is 14.1 Å². The van der Waals surface area contributed by atoms with Crippen LogP contribution in [0.3, 0.4) is 0 Å². The molecule has 1 fully saturated rings. The first-order valence-electron chi connectivity index (χ1n) is 8.83. The van der Waals surface area contributed by atoms with Crippen LogP contribution in [0.2, 0.25) is 0 Å². The van der Waals surface area contributed by atoms with Gasteiger partial charge in [-0.25, -0.2) is 8.42 Å². The Bertz CT molecular complexity index is 915. The summed E-state index contributed by atoms with van der Waals surface area (Å²) in [7, 11) is -1.47. The first kappa shape index (κ1) is 18.9. The molecule has 0 radical (unpaired) electrons. The molecule has 0 unspecified atom stereocenters. The largest absolute Gasteiger partial charge is 0.450 e. The van der Waals surface area contributed by atoms with E-state index in [9.17, 15) is 13.2 Å². The zero-order chi connectivity index (χ0) is 18.9. The molecule has 1 aliphatic heterocycles. The minimum atomic E-state index is -3.08. The van der Waals surface area contributed by atoms with Crippen LogP contribution in [0, 0.1) is 13.8 Å². The third-order valence-corrected chi connectivity index (χ3v) is 6.76. The molecule has 142 valence electrons. The van der Waals surface area contributed by atoms with E-state index >= 15 is 0 Å². The van der Waals surface area contributed by atoms with Crippen LogP contribution in [-0.2, 0) is 14.6 Å². The van der Waals surface area contributed by atoms with Crippen LogP contribution in [0.1, 0.15) is 34.5 Å². The summed E-state index contributed by atoms with van der Waals surface area (Å²) in [6.07, 6.45) is 1.12. The standard InChI is InChI=1S/C19H25NO5S/c1-13-6-4-7-16-14(2)18(25-17(13)16)19(21)20(9-5-10-24-3)15-8-11-26(22,23)12-15/h4,6-7,15H,5,8-12H2,1-3H3/t15-/m0/s1. The fraction of sp³-hybridized carbons (Fsp3) is 0.526. The Labute approximate surface area is 154 Å². The Balaban J connectivity index is 1.94. The Kier molecular flexibility index (Phi) is 5.39. The van der Waals surface area contributed by atoms with Crippen molar-refractivity contribution in [2.45, 2.75) is 32.7 Å². The summed E-state index contributed by atoms with van der Waals surface area (Å²) >= 11 is 0. The Morgan fingerprint density at radius 1 is 1.35 bits per heavy atom. The van der Waals surface area contributed by atoms with Crippen molar-refractivity contribution in [1.29, 1.82) is 0 Å². The molecule has 1 saturated heterocycles. The minimum Gasteiger partial charge on any atom is -0.450 e. The van der Waals surface area contributed by atoms with E-state index in [4.69, 9.17) is 9.15 Å². The topological polar surface area (TPSA) is 76.8 Å². The van der Waals surface area contributed by atoms with Gasteiger partial charge in [-0.2, -0.15) is 0 Å². The van der Waals surface area contributed by atoms with Crippen LogP contribution in [-0.4, -0.2) is 57.0 Å². The van der Waals surface area contributed by atoms with Crippen molar-refractivity contribution >= 4 is 26.7 Å². The summed E-state index contributed by atoms with van der Waals surface area (Å²) in [6.45, 7) is 4.78. The number of hydrogen-bond acceptors (Lipinski definition) is 5. The van der Waals surface area contributed by atoms with Gasteiger partial charge in [0, 0.05) is 37.3 Å². The highest BCUT2D eigenvalue weighted by molar-refractivity contribution is 7.91. The molecule has 0 saturated carbocycles. The lowest BCUT2D eigenvalue weighted by Gasteiger charge is -2.27. The Morgan fingerprint density at radius 2 is 2.12 bits per heavy atom. The molecule has 0 N–H and O–H groups in total. The maximum absolute atomic E-state index is 13.2. The van der Waals surface area contributed by atoms with Gasteiger partial charge in [-0.3, -0.25) is 4.79 Å². The molecule has 2 heterocycles. The number of ether oxygens (including phenoxy) is 1. The average molecular weight is 379 g/mol. The molecule has 1 atom stereocenters. The van der Waals surface area contributed by atoms with Crippen LogP contribution in [0.25, 0.3) is 11.0 Å². The number of fused-ring (bicyclic) bond motifs is 1. The van der Waals surface area contributed by atoms with E-state index in [0.29, 0.717) is 37.3 Å². The molecular formula is C19H25NO5S. The van der Waals surface area contributed by atoms with Crippen molar-refractivity contribution in [2.75, 3.05) is 31.8 Å². The zero-order valence-corrected chi connectivity index (χ0v) is 16.3. The van der Waals surface area contributed by atoms with Gasteiger partial charge in [-0.15, -0.1) is 0 Å². The average Bonchev–Trinajstić information content (AvgIpc) is 3.12. The van der Waals surface area contributed by atoms with Crippen molar-refractivity contribution < 1.29 is 22.4 Å². The Morgan fingerprint density at radius 3 is 2.73 bits per heavy atom. The number of rotatable bonds is 6. The van der Waals surface area contributed by atoms with Gasteiger partial charge in [0.05, 0.1) is 11.5 Å². The molecule has 3 rings (SSSR count). The second-order valence-electron chi connectivity index (χ2n) is 6.91. The van der Waals surface area contributed by atoms with Gasteiger partial charge in [0.2, 0.25) is 0 Å². The van der Waals surface area contributed by atoms with Gasteiger partial charge in [0.1, 0.15) is 5.58 Å². The first-order valence-corrected chi connectivity index (χ1v) is 10.6. The molecule has 1 aromatic carbocycles. The number of carbonyl (C=O) groups excluding carboxylic acids is 1. The van der Waals surface area contributed by atoms with Crippen molar-refractivity contribution in [3.63, 3.8) is 0 Å². The van der Waals surface area contributed by atoms with Gasteiger partial charge in [0.25, 0.3) is 5.91 Å². The van der Waals surface area contributed by atoms with Gasteiger partial charge in [0.15, 0.2) is 15.6 Å². The summed E-state index contributed by atoms with van der Waals surface area (Å²) in [5, 5.41) is 0.921. The predicted octanol–water partition coefficient (Wildman–Crippen LogP) is 2.72. The summed E-state index contributed by atoms with van der Waals surface area (Å²) in [4.78, 5) is 14.9. The fourth-order valence-corrected chi connectivity index (χ4v) is 5.30. The number of benzene rings is 1. The molecule has 0 aliphatic carbocycles. The lowest BCUT2D eigenvalue weighted by atomic mass is 10.1. The van der Waals surface area contributed by atoms with Crippen LogP contribution in [0.4, 0.5) is 0 Å². The highest BCUT2D eigenvalue weighted by atomic mass is 32.2. The smallest absolute Gasteiger partial charge is 0.290 e. The molecular weight excluding hydrogens is 354 g/mol.